The summed E-state index contributed by atoms with van der Waals surface area (Å²) in [4.78, 5) is 8.78. The Balaban J connectivity index is 1.80. The highest BCUT2D eigenvalue weighted by atomic mass is 19.4. The normalized spacial score (nSPS) is 20.3. The highest BCUT2D eigenvalue weighted by molar-refractivity contribution is 5.62. The number of hydrogen-bond acceptors (Lipinski definition) is 7. The van der Waals surface area contributed by atoms with Gasteiger partial charge in [0.25, 0.3) is 12.0 Å². The van der Waals surface area contributed by atoms with Crippen molar-refractivity contribution in [3.8, 4) is 5.88 Å². The quantitative estimate of drug-likeness (QED) is 0.687. The lowest BCUT2D eigenvalue weighted by molar-refractivity contribution is -0.284. The third-order valence-electron chi connectivity index (χ3n) is 3.71. The number of ether oxygens (including phenoxy) is 2. The summed E-state index contributed by atoms with van der Waals surface area (Å²) in [5.41, 5.74) is -0.0359. The van der Waals surface area contributed by atoms with Gasteiger partial charge in [0.2, 0.25) is 0 Å². The molecular weight excluding hydrogens is 398 g/mol. The second kappa shape index (κ2) is 6.96. The van der Waals surface area contributed by atoms with Crippen molar-refractivity contribution in [2.75, 3.05) is 7.11 Å². The Kier molecular flexibility index (Phi) is 4.95. The first-order chi connectivity index (χ1) is 13.0. The fourth-order valence-electron chi connectivity index (χ4n) is 2.16. The van der Waals surface area contributed by atoms with Crippen molar-refractivity contribution < 1.29 is 40.7 Å². The van der Waals surface area contributed by atoms with Crippen molar-refractivity contribution in [2.24, 2.45) is 10.2 Å². The van der Waals surface area contributed by atoms with Gasteiger partial charge in [0.05, 0.1) is 0 Å². The zero-order valence-corrected chi connectivity index (χ0v) is 14.2. The summed E-state index contributed by atoms with van der Waals surface area (Å²) in [7, 11) is 0.776. The van der Waals surface area contributed by atoms with Crippen LogP contribution in [0.25, 0.3) is 5.76 Å². The molecule has 0 N–H and O–H groups in total. The number of alkyl halides is 5. The van der Waals surface area contributed by atoms with E-state index in [-0.39, 0.29) is 17.1 Å². The molecule has 1 unspecified atom stereocenters. The molecule has 2 aliphatic heterocycles. The zero-order chi connectivity index (χ0) is 20.7. The first-order valence-electron chi connectivity index (χ1n) is 7.65. The molecule has 0 radical (unpaired) electrons. The molecule has 0 amide bonds. The molecule has 2 aliphatic rings. The Morgan fingerprint density at radius 1 is 1.21 bits per heavy atom. The van der Waals surface area contributed by atoms with Gasteiger partial charge in [-0.15, -0.1) is 10.2 Å². The maximum absolute atomic E-state index is 14.1. The summed E-state index contributed by atoms with van der Waals surface area (Å²) in [5.74, 6) is -2.22. The van der Waals surface area contributed by atoms with Crippen molar-refractivity contribution in [2.45, 2.75) is 31.5 Å². The van der Waals surface area contributed by atoms with Gasteiger partial charge in [-0.1, -0.05) is 0 Å². The highest BCUT2D eigenvalue weighted by Crippen LogP contribution is 2.38. The molecule has 1 aromatic rings. The predicted molar refractivity (Wildman–Crippen MR) is 79.9 cm³/mol. The fraction of sp³-hybridized carbons (Fsp3) is 0.400. The lowest BCUT2D eigenvalue weighted by Gasteiger charge is -2.30. The average Bonchev–Trinajstić information content (AvgIpc) is 3.06. The Labute approximate surface area is 153 Å². The maximum atomic E-state index is 14.1. The second-order valence-electron chi connectivity index (χ2n) is 5.64. The van der Waals surface area contributed by atoms with Crippen molar-refractivity contribution in [3.05, 3.63) is 41.6 Å². The van der Waals surface area contributed by atoms with Gasteiger partial charge in [0, 0.05) is 18.9 Å². The molecule has 3 heterocycles. The van der Waals surface area contributed by atoms with E-state index in [1.54, 1.807) is 0 Å². The second-order valence-corrected chi connectivity index (χ2v) is 5.64. The molecule has 13 heteroatoms. The van der Waals surface area contributed by atoms with Gasteiger partial charge in [-0.25, -0.2) is 9.37 Å². The number of methoxy groups -OCH3 is 1. The topological polar surface area (TPSA) is 68.5 Å². The number of hydroxylamine groups is 2. The molecule has 0 saturated carbocycles. The lowest BCUT2D eigenvalue weighted by Crippen LogP contribution is -2.44. The third-order valence-corrected chi connectivity index (χ3v) is 3.71. The van der Waals surface area contributed by atoms with Crippen molar-refractivity contribution >= 4 is 5.76 Å². The van der Waals surface area contributed by atoms with E-state index in [1.165, 1.54) is 12.2 Å². The van der Waals surface area contributed by atoms with Crippen LogP contribution >= 0.6 is 0 Å². The van der Waals surface area contributed by atoms with Crippen LogP contribution in [0.4, 0.5) is 26.3 Å². The number of aromatic nitrogens is 1. The molecule has 152 valence electrons. The van der Waals surface area contributed by atoms with Crippen LogP contribution in [0.1, 0.15) is 12.5 Å². The van der Waals surface area contributed by atoms with E-state index < -0.39 is 36.3 Å². The summed E-state index contributed by atoms with van der Waals surface area (Å²) in [6.45, 7) is 0.699. The number of rotatable bonds is 5. The minimum absolute atomic E-state index is 0.0359. The van der Waals surface area contributed by atoms with Crippen LogP contribution in [0.2, 0.25) is 0 Å². The van der Waals surface area contributed by atoms with Gasteiger partial charge in [-0.2, -0.15) is 27.0 Å². The van der Waals surface area contributed by atoms with Gasteiger partial charge in [-0.05, 0) is 25.1 Å². The van der Waals surface area contributed by atoms with Crippen LogP contribution in [0.3, 0.4) is 0 Å². The predicted octanol–water partition coefficient (Wildman–Crippen LogP) is 4.01. The minimum atomic E-state index is -4.70. The molecular formula is C15H12F6N4O3. The first-order valence-corrected chi connectivity index (χ1v) is 7.65. The third kappa shape index (κ3) is 3.74. The van der Waals surface area contributed by atoms with Gasteiger partial charge in [0.1, 0.15) is 0 Å². The molecule has 28 heavy (non-hydrogen) atoms. The average molecular weight is 410 g/mol. The fourth-order valence-corrected chi connectivity index (χ4v) is 2.16. The van der Waals surface area contributed by atoms with E-state index >= 15 is 0 Å². The van der Waals surface area contributed by atoms with Crippen LogP contribution in [0, 0.1) is 5.82 Å². The minimum Gasteiger partial charge on any atom is -0.463 e. The molecule has 0 spiro atoms. The maximum Gasteiger partial charge on any atom is 0.425 e. The number of azo groups is 1. The number of nitrogens with zero attached hydrogens (tertiary/aromatic N) is 4. The molecule has 7 nitrogen and oxygen atoms in total. The van der Waals surface area contributed by atoms with Crippen LogP contribution in [-0.4, -0.2) is 41.7 Å². The van der Waals surface area contributed by atoms with Gasteiger partial charge in [-0.3, -0.25) is 0 Å². The van der Waals surface area contributed by atoms with Crippen LogP contribution in [0.15, 0.2) is 40.5 Å². The van der Waals surface area contributed by atoms with Gasteiger partial charge < -0.3 is 14.3 Å². The van der Waals surface area contributed by atoms with Crippen LogP contribution in [0.5, 0.6) is 5.88 Å². The first kappa shape index (κ1) is 19.9. The standard InChI is InChI=1S/C15H12F6N4O3/c1-7(14(17,18)19)27-12-9(16)5-8(6-22-12)10-3-4-11-23-24-13(25(11)28-10)15(20,21)26-2/h3-7,13H,1-2H3/t7-,13?/m1/s1. The monoisotopic (exact) mass is 410 g/mol. The van der Waals surface area contributed by atoms with Crippen molar-refractivity contribution in [1.82, 2.24) is 10.0 Å². The molecule has 0 aliphatic carbocycles. The zero-order valence-electron chi connectivity index (χ0n) is 14.2. The summed E-state index contributed by atoms with van der Waals surface area (Å²) >= 11 is 0. The van der Waals surface area contributed by atoms with Crippen LogP contribution < -0.4 is 4.74 Å². The van der Waals surface area contributed by atoms with Crippen LogP contribution in [-0.2, 0) is 9.57 Å². The van der Waals surface area contributed by atoms with Gasteiger partial charge >= 0.3 is 12.3 Å². The van der Waals surface area contributed by atoms with E-state index in [0.29, 0.717) is 12.0 Å². The Morgan fingerprint density at radius 2 is 1.93 bits per heavy atom. The molecule has 2 atom stereocenters. The number of halogens is 6. The summed E-state index contributed by atoms with van der Waals surface area (Å²) in [5, 5.41) is 7.57. The van der Waals surface area contributed by atoms with E-state index in [2.05, 4.69) is 24.7 Å². The summed E-state index contributed by atoms with van der Waals surface area (Å²) < 4.78 is 87.7. The number of fused-ring (bicyclic) bond motifs is 1. The molecule has 0 fully saturated rings. The highest BCUT2D eigenvalue weighted by Gasteiger charge is 2.50. The van der Waals surface area contributed by atoms with E-state index in [1.807, 2.05) is 0 Å². The smallest absolute Gasteiger partial charge is 0.425 e. The van der Waals surface area contributed by atoms with E-state index in [4.69, 9.17) is 4.84 Å². The lowest BCUT2D eigenvalue weighted by atomic mass is 10.2. The van der Waals surface area contributed by atoms with Crippen molar-refractivity contribution in [1.29, 1.82) is 0 Å². The van der Waals surface area contributed by atoms with E-state index in [9.17, 15) is 26.3 Å². The van der Waals surface area contributed by atoms with E-state index in [0.717, 1.165) is 19.4 Å². The molecule has 0 bridgehead atoms. The Bertz CT molecular complexity index is 855. The molecule has 3 rings (SSSR count). The Hall–Kier alpha value is -2.83. The Morgan fingerprint density at radius 3 is 2.54 bits per heavy atom. The molecule has 1 aromatic heterocycles. The molecule has 0 aromatic carbocycles. The summed E-state index contributed by atoms with van der Waals surface area (Å²) in [6, 6.07) is 0.796. The number of allylic oxidation sites excluding steroid dienone is 2. The summed E-state index contributed by atoms with van der Waals surface area (Å²) in [6.07, 6.45) is -9.08. The SMILES string of the molecule is COC(F)(F)C1N=NC2=CC=C(c3cnc(O[C@H](C)C(F)(F)F)c(F)c3)ON21. The number of pyridine rings is 1. The van der Waals surface area contributed by atoms with Gasteiger partial charge in [0.15, 0.2) is 23.5 Å². The number of hydrogen-bond donors (Lipinski definition) is 0. The molecule has 0 saturated heterocycles. The largest absolute Gasteiger partial charge is 0.463 e. The van der Waals surface area contributed by atoms with Crippen molar-refractivity contribution in [3.63, 3.8) is 0 Å².